The van der Waals surface area contributed by atoms with E-state index in [1.165, 1.54) is 6.07 Å². The minimum atomic E-state index is -0.660. The zero-order valence-electron chi connectivity index (χ0n) is 10.4. The lowest BCUT2D eigenvalue weighted by Crippen LogP contribution is -2.17. The van der Waals surface area contributed by atoms with Crippen LogP contribution in [0, 0.1) is 5.82 Å². The number of aliphatic hydroxyl groups excluding tert-OH is 1. The van der Waals surface area contributed by atoms with E-state index in [2.05, 4.69) is 0 Å². The summed E-state index contributed by atoms with van der Waals surface area (Å²) in [5.41, 5.74) is 2.06. The van der Waals surface area contributed by atoms with Crippen LogP contribution < -0.4 is 4.90 Å². The molecule has 1 heterocycles. The molecular formula is C14H16FNO2. The molecule has 1 atom stereocenters. The zero-order chi connectivity index (χ0) is 13.1. The van der Waals surface area contributed by atoms with Crippen LogP contribution in [0.2, 0.25) is 0 Å². The van der Waals surface area contributed by atoms with Crippen LogP contribution in [0.15, 0.2) is 41.2 Å². The number of hydrogen-bond donors (Lipinski definition) is 1. The van der Waals surface area contributed by atoms with Gasteiger partial charge in [0.1, 0.15) is 5.82 Å². The zero-order valence-corrected chi connectivity index (χ0v) is 10.4. The van der Waals surface area contributed by atoms with Gasteiger partial charge in [-0.3, -0.25) is 0 Å². The summed E-state index contributed by atoms with van der Waals surface area (Å²) < 4.78 is 18.9. The van der Waals surface area contributed by atoms with Crippen molar-refractivity contribution in [2.75, 3.05) is 11.9 Å². The topological polar surface area (TPSA) is 36.6 Å². The maximum atomic E-state index is 13.9. The second kappa shape index (κ2) is 5.23. The summed E-state index contributed by atoms with van der Waals surface area (Å²) in [6, 6.07) is 6.62. The van der Waals surface area contributed by atoms with Gasteiger partial charge in [0.05, 0.1) is 24.3 Å². The van der Waals surface area contributed by atoms with Crippen LogP contribution in [0.4, 0.5) is 10.1 Å². The van der Waals surface area contributed by atoms with Crippen LogP contribution in [0.5, 0.6) is 0 Å². The average Bonchev–Trinajstić information content (AvgIpc) is 2.81. The number of nitrogens with zero attached hydrogens (tertiary/aromatic N) is 1. The molecule has 0 saturated carbocycles. The quantitative estimate of drug-likeness (QED) is 0.904. The Morgan fingerprint density at radius 1 is 1.39 bits per heavy atom. The average molecular weight is 249 g/mol. The fourth-order valence-electron chi connectivity index (χ4n) is 1.83. The number of hydrogen-bond acceptors (Lipinski definition) is 3. The van der Waals surface area contributed by atoms with E-state index >= 15 is 0 Å². The van der Waals surface area contributed by atoms with E-state index < -0.39 is 6.10 Å². The number of anilines is 1. The molecule has 0 spiro atoms. The second-order valence-corrected chi connectivity index (χ2v) is 4.37. The fourth-order valence-corrected chi connectivity index (χ4v) is 1.83. The molecule has 0 aliphatic rings. The van der Waals surface area contributed by atoms with Gasteiger partial charge in [-0.1, -0.05) is 6.07 Å². The first-order valence-corrected chi connectivity index (χ1v) is 5.77. The molecule has 1 N–H and O–H groups in total. The molecule has 0 aliphatic heterocycles. The van der Waals surface area contributed by atoms with Crippen molar-refractivity contribution in [1.29, 1.82) is 0 Å². The molecule has 2 rings (SSSR count). The van der Waals surface area contributed by atoms with Crippen LogP contribution in [0.3, 0.4) is 0 Å². The lowest BCUT2D eigenvalue weighted by molar-refractivity contribution is 0.199. The second-order valence-electron chi connectivity index (χ2n) is 4.37. The van der Waals surface area contributed by atoms with E-state index in [1.54, 1.807) is 36.5 Å². The van der Waals surface area contributed by atoms with Gasteiger partial charge < -0.3 is 14.4 Å². The van der Waals surface area contributed by atoms with E-state index in [0.29, 0.717) is 17.8 Å². The highest BCUT2D eigenvalue weighted by atomic mass is 19.1. The highest BCUT2D eigenvalue weighted by Crippen LogP contribution is 2.23. The van der Waals surface area contributed by atoms with Crippen LogP contribution in [-0.4, -0.2) is 12.2 Å². The van der Waals surface area contributed by atoms with Crippen molar-refractivity contribution < 1.29 is 13.9 Å². The Hall–Kier alpha value is -1.81. The van der Waals surface area contributed by atoms with Crippen LogP contribution in [-0.2, 0) is 6.54 Å². The normalized spacial score (nSPS) is 12.4. The minimum Gasteiger partial charge on any atom is -0.472 e. The minimum absolute atomic E-state index is 0.334. The van der Waals surface area contributed by atoms with Crippen molar-refractivity contribution in [3.63, 3.8) is 0 Å². The SMILES string of the molecule is C[C@H](O)c1ccc(N(C)Cc2ccoc2)c(F)c1. The lowest BCUT2D eigenvalue weighted by atomic mass is 10.1. The fraction of sp³-hybridized carbons (Fsp3) is 0.286. The van der Waals surface area contributed by atoms with Gasteiger partial charge in [0.15, 0.2) is 0 Å². The Kier molecular flexibility index (Phi) is 3.67. The van der Waals surface area contributed by atoms with Crippen molar-refractivity contribution in [1.82, 2.24) is 0 Å². The molecule has 18 heavy (non-hydrogen) atoms. The lowest BCUT2D eigenvalue weighted by Gasteiger charge is -2.20. The molecule has 1 aromatic carbocycles. The summed E-state index contributed by atoms with van der Waals surface area (Å²) in [6.07, 6.45) is 2.57. The largest absolute Gasteiger partial charge is 0.472 e. The molecule has 1 aromatic heterocycles. The van der Waals surface area contributed by atoms with Gasteiger partial charge in [0.25, 0.3) is 0 Å². The van der Waals surface area contributed by atoms with Gasteiger partial charge in [0, 0.05) is 19.2 Å². The predicted molar refractivity (Wildman–Crippen MR) is 67.8 cm³/mol. The molecular weight excluding hydrogens is 233 g/mol. The standard InChI is InChI=1S/C14H16FNO2/c1-10(17)12-3-4-14(13(15)7-12)16(2)8-11-5-6-18-9-11/h3-7,9-10,17H,8H2,1-2H3/t10-/m0/s1. The van der Waals surface area contributed by atoms with Gasteiger partial charge in [0.2, 0.25) is 0 Å². The Bertz CT molecular complexity index is 509. The third-order valence-corrected chi connectivity index (χ3v) is 2.87. The van der Waals surface area contributed by atoms with E-state index in [1.807, 2.05) is 13.1 Å². The van der Waals surface area contributed by atoms with Gasteiger partial charge in [-0.25, -0.2) is 4.39 Å². The first-order chi connectivity index (χ1) is 8.58. The molecule has 0 amide bonds. The first-order valence-electron chi connectivity index (χ1n) is 5.77. The Morgan fingerprint density at radius 3 is 2.72 bits per heavy atom. The van der Waals surface area contributed by atoms with E-state index in [-0.39, 0.29) is 5.82 Å². The summed E-state index contributed by atoms with van der Waals surface area (Å²) in [6.45, 7) is 2.19. The van der Waals surface area contributed by atoms with Crippen LogP contribution in [0.25, 0.3) is 0 Å². The number of furan rings is 1. The summed E-state index contributed by atoms with van der Waals surface area (Å²) in [5.74, 6) is -0.334. The van der Waals surface area contributed by atoms with Crippen molar-refractivity contribution in [3.05, 3.63) is 53.7 Å². The monoisotopic (exact) mass is 249 g/mol. The van der Waals surface area contributed by atoms with E-state index in [4.69, 9.17) is 4.42 Å². The molecule has 0 saturated heterocycles. The predicted octanol–water partition coefficient (Wildman–Crippen LogP) is 3.11. The molecule has 0 radical (unpaired) electrons. The summed E-state index contributed by atoms with van der Waals surface area (Å²) >= 11 is 0. The molecule has 3 nitrogen and oxygen atoms in total. The number of rotatable bonds is 4. The number of halogens is 1. The molecule has 2 aromatic rings. The highest BCUT2D eigenvalue weighted by Gasteiger charge is 2.11. The first kappa shape index (κ1) is 12.6. The van der Waals surface area contributed by atoms with Crippen molar-refractivity contribution in [2.45, 2.75) is 19.6 Å². The highest BCUT2D eigenvalue weighted by molar-refractivity contribution is 5.49. The summed E-state index contributed by atoms with van der Waals surface area (Å²) in [7, 11) is 1.81. The number of aliphatic hydroxyl groups is 1. The molecule has 0 aliphatic carbocycles. The molecule has 0 fully saturated rings. The number of benzene rings is 1. The smallest absolute Gasteiger partial charge is 0.146 e. The Balaban J connectivity index is 2.17. The third-order valence-electron chi connectivity index (χ3n) is 2.87. The summed E-state index contributed by atoms with van der Waals surface area (Å²) in [4.78, 5) is 1.80. The molecule has 4 heteroatoms. The van der Waals surface area contributed by atoms with Crippen molar-refractivity contribution in [3.8, 4) is 0 Å². The van der Waals surface area contributed by atoms with Crippen molar-refractivity contribution >= 4 is 5.69 Å². The molecule has 0 unspecified atom stereocenters. The van der Waals surface area contributed by atoms with E-state index in [9.17, 15) is 9.50 Å². The molecule has 0 bridgehead atoms. The molecule has 96 valence electrons. The van der Waals surface area contributed by atoms with Gasteiger partial charge in [-0.2, -0.15) is 0 Å². The van der Waals surface area contributed by atoms with Gasteiger partial charge in [-0.15, -0.1) is 0 Å². The van der Waals surface area contributed by atoms with Crippen LogP contribution >= 0.6 is 0 Å². The van der Waals surface area contributed by atoms with E-state index in [0.717, 1.165) is 5.56 Å². The van der Waals surface area contributed by atoms with Crippen molar-refractivity contribution in [2.24, 2.45) is 0 Å². The van der Waals surface area contributed by atoms with Gasteiger partial charge in [-0.05, 0) is 30.7 Å². The maximum Gasteiger partial charge on any atom is 0.146 e. The Labute approximate surface area is 105 Å². The van der Waals surface area contributed by atoms with Gasteiger partial charge >= 0.3 is 0 Å². The maximum absolute atomic E-state index is 13.9. The third kappa shape index (κ3) is 2.71. The Morgan fingerprint density at radius 2 is 2.17 bits per heavy atom. The van der Waals surface area contributed by atoms with Crippen LogP contribution in [0.1, 0.15) is 24.2 Å². The summed E-state index contributed by atoms with van der Waals surface area (Å²) in [5, 5.41) is 9.39.